The summed E-state index contributed by atoms with van der Waals surface area (Å²) in [6.07, 6.45) is 11.6. The van der Waals surface area contributed by atoms with Crippen molar-refractivity contribution in [2.24, 2.45) is 5.92 Å². The molecule has 3 heteroatoms. The third-order valence-corrected chi connectivity index (χ3v) is 4.34. The maximum atomic E-state index is 11.9. The van der Waals surface area contributed by atoms with Crippen LogP contribution in [0.2, 0.25) is 0 Å². The Bertz CT molecular complexity index is 241. The van der Waals surface area contributed by atoms with Crippen LogP contribution in [-0.4, -0.2) is 25.2 Å². The predicted molar refractivity (Wildman–Crippen MR) is 72.4 cm³/mol. The van der Waals surface area contributed by atoms with Crippen molar-refractivity contribution in [3.05, 3.63) is 0 Å². The van der Waals surface area contributed by atoms with Crippen LogP contribution in [0, 0.1) is 5.92 Å². The smallest absolute Gasteiger partial charge is 0.220 e. The molecule has 0 aromatic rings. The molecule has 0 atom stereocenters. The molecule has 2 aliphatic rings. The van der Waals surface area contributed by atoms with E-state index in [4.69, 9.17) is 4.74 Å². The van der Waals surface area contributed by atoms with Gasteiger partial charge < -0.3 is 10.1 Å². The van der Waals surface area contributed by atoms with Crippen LogP contribution >= 0.6 is 0 Å². The van der Waals surface area contributed by atoms with Crippen LogP contribution in [-0.2, 0) is 9.53 Å². The molecule has 0 unspecified atom stereocenters. The van der Waals surface area contributed by atoms with E-state index >= 15 is 0 Å². The highest BCUT2D eigenvalue weighted by Crippen LogP contribution is 2.21. The third kappa shape index (κ3) is 4.97. The van der Waals surface area contributed by atoms with Gasteiger partial charge in [-0.05, 0) is 38.0 Å². The van der Waals surface area contributed by atoms with Crippen LogP contribution in [0.25, 0.3) is 0 Å². The van der Waals surface area contributed by atoms with Gasteiger partial charge in [-0.1, -0.05) is 25.7 Å². The Morgan fingerprint density at radius 2 is 1.67 bits per heavy atom. The maximum absolute atomic E-state index is 11.9. The minimum atomic E-state index is 0.272. The number of hydrogen-bond donors (Lipinski definition) is 1. The first-order valence-electron chi connectivity index (χ1n) is 7.71. The lowest BCUT2D eigenvalue weighted by Gasteiger charge is -2.22. The third-order valence-electron chi connectivity index (χ3n) is 4.34. The lowest BCUT2D eigenvalue weighted by atomic mass is 9.94. The van der Waals surface area contributed by atoms with Gasteiger partial charge in [-0.25, -0.2) is 0 Å². The molecule has 3 nitrogen and oxygen atoms in total. The Kier molecular flexibility index (Phi) is 5.98. The van der Waals surface area contributed by atoms with E-state index in [2.05, 4.69) is 5.32 Å². The van der Waals surface area contributed by atoms with Gasteiger partial charge in [0, 0.05) is 25.7 Å². The van der Waals surface area contributed by atoms with E-state index in [0.717, 1.165) is 32.5 Å². The molecule has 2 fully saturated rings. The molecule has 0 spiro atoms. The van der Waals surface area contributed by atoms with Gasteiger partial charge in [0.05, 0.1) is 0 Å². The lowest BCUT2D eigenvalue weighted by Crippen LogP contribution is -2.34. The van der Waals surface area contributed by atoms with Gasteiger partial charge in [-0.2, -0.15) is 0 Å². The second kappa shape index (κ2) is 7.78. The average molecular weight is 253 g/mol. The molecule has 1 amide bonds. The van der Waals surface area contributed by atoms with Crippen LogP contribution in [0.15, 0.2) is 0 Å². The molecular weight excluding hydrogens is 226 g/mol. The van der Waals surface area contributed by atoms with Gasteiger partial charge in [0.1, 0.15) is 0 Å². The van der Waals surface area contributed by atoms with E-state index in [9.17, 15) is 4.79 Å². The zero-order chi connectivity index (χ0) is 12.6. The zero-order valence-corrected chi connectivity index (χ0v) is 11.5. The quantitative estimate of drug-likeness (QED) is 0.782. The molecule has 0 aromatic carbocycles. The van der Waals surface area contributed by atoms with Crippen LogP contribution in [0.4, 0.5) is 0 Å². The summed E-state index contributed by atoms with van der Waals surface area (Å²) in [7, 11) is 0. The summed E-state index contributed by atoms with van der Waals surface area (Å²) in [4.78, 5) is 11.9. The molecule has 1 aliphatic heterocycles. The first kappa shape index (κ1) is 13.9. The Morgan fingerprint density at radius 1 is 1.00 bits per heavy atom. The van der Waals surface area contributed by atoms with Crippen molar-refractivity contribution in [3.63, 3.8) is 0 Å². The highest BCUT2D eigenvalue weighted by molar-refractivity contribution is 5.76. The summed E-state index contributed by atoms with van der Waals surface area (Å²) in [6.45, 7) is 1.77. The average Bonchev–Trinajstić information content (AvgIpc) is 2.66. The highest BCUT2D eigenvalue weighted by Gasteiger charge is 2.17. The van der Waals surface area contributed by atoms with Gasteiger partial charge in [-0.3, -0.25) is 4.79 Å². The molecule has 1 N–H and O–H groups in total. The zero-order valence-electron chi connectivity index (χ0n) is 11.5. The van der Waals surface area contributed by atoms with Gasteiger partial charge in [-0.15, -0.1) is 0 Å². The summed E-state index contributed by atoms with van der Waals surface area (Å²) in [5, 5.41) is 3.23. The summed E-state index contributed by atoms with van der Waals surface area (Å²) in [6, 6.07) is 0.453. The van der Waals surface area contributed by atoms with E-state index in [-0.39, 0.29) is 5.91 Å². The first-order chi connectivity index (χ1) is 8.84. The van der Waals surface area contributed by atoms with Crippen molar-refractivity contribution in [1.82, 2.24) is 5.32 Å². The van der Waals surface area contributed by atoms with Crippen LogP contribution < -0.4 is 5.32 Å². The van der Waals surface area contributed by atoms with E-state index < -0.39 is 0 Å². The van der Waals surface area contributed by atoms with Crippen LogP contribution in [0.5, 0.6) is 0 Å². The summed E-state index contributed by atoms with van der Waals surface area (Å²) in [5.74, 6) is 0.979. The number of carbonyl (C=O) groups is 1. The number of carbonyl (C=O) groups excluding carboxylic acids is 1. The second-order valence-electron chi connectivity index (χ2n) is 5.85. The fourth-order valence-electron chi connectivity index (χ4n) is 3.09. The van der Waals surface area contributed by atoms with E-state index in [1.807, 2.05) is 0 Å². The monoisotopic (exact) mass is 253 g/mol. The van der Waals surface area contributed by atoms with Crippen molar-refractivity contribution in [2.75, 3.05) is 13.2 Å². The Labute approximate surface area is 111 Å². The summed E-state index contributed by atoms with van der Waals surface area (Å²) in [5.41, 5.74) is 0. The highest BCUT2D eigenvalue weighted by atomic mass is 16.5. The van der Waals surface area contributed by atoms with E-state index in [1.54, 1.807) is 0 Å². The topological polar surface area (TPSA) is 38.3 Å². The molecule has 104 valence electrons. The van der Waals surface area contributed by atoms with Crippen molar-refractivity contribution in [2.45, 2.75) is 70.3 Å². The number of rotatable bonds is 4. The van der Waals surface area contributed by atoms with Gasteiger partial charge >= 0.3 is 0 Å². The van der Waals surface area contributed by atoms with Crippen molar-refractivity contribution < 1.29 is 9.53 Å². The molecule has 1 saturated heterocycles. The fourth-order valence-corrected chi connectivity index (χ4v) is 3.09. The minimum absolute atomic E-state index is 0.272. The van der Waals surface area contributed by atoms with Crippen molar-refractivity contribution in [3.8, 4) is 0 Å². The first-order valence-corrected chi connectivity index (χ1v) is 7.71. The molecule has 1 aliphatic carbocycles. The van der Waals surface area contributed by atoms with Gasteiger partial charge in [0.25, 0.3) is 0 Å². The van der Waals surface area contributed by atoms with E-state index in [0.29, 0.717) is 18.4 Å². The number of hydrogen-bond acceptors (Lipinski definition) is 2. The fraction of sp³-hybridized carbons (Fsp3) is 0.933. The van der Waals surface area contributed by atoms with Crippen LogP contribution in [0.1, 0.15) is 64.2 Å². The molecule has 1 saturated carbocycles. The minimum Gasteiger partial charge on any atom is -0.381 e. The normalized spacial score (nSPS) is 23.6. The Balaban J connectivity index is 1.61. The maximum Gasteiger partial charge on any atom is 0.220 e. The summed E-state index contributed by atoms with van der Waals surface area (Å²) < 4.78 is 5.34. The largest absolute Gasteiger partial charge is 0.381 e. The van der Waals surface area contributed by atoms with Crippen molar-refractivity contribution >= 4 is 5.91 Å². The van der Waals surface area contributed by atoms with Crippen molar-refractivity contribution in [1.29, 1.82) is 0 Å². The lowest BCUT2D eigenvalue weighted by molar-refractivity contribution is -0.122. The molecule has 2 rings (SSSR count). The molecule has 1 heterocycles. The number of ether oxygens (including phenoxy) is 1. The molecule has 18 heavy (non-hydrogen) atoms. The molecular formula is C15H27NO2. The number of amides is 1. The standard InChI is InChI=1S/C15H27NO2/c17-15(8-7-13-9-11-18-12-10-13)16-14-5-3-1-2-4-6-14/h13-14H,1-12H2,(H,16,17). The van der Waals surface area contributed by atoms with Gasteiger partial charge in [0.15, 0.2) is 0 Å². The Morgan fingerprint density at radius 3 is 2.33 bits per heavy atom. The van der Waals surface area contributed by atoms with E-state index in [1.165, 1.54) is 38.5 Å². The summed E-state index contributed by atoms with van der Waals surface area (Å²) >= 11 is 0. The molecule has 0 radical (unpaired) electrons. The van der Waals surface area contributed by atoms with Gasteiger partial charge in [0.2, 0.25) is 5.91 Å². The molecule has 0 aromatic heterocycles. The molecule has 0 bridgehead atoms. The SMILES string of the molecule is O=C(CCC1CCOCC1)NC1CCCCCC1. The second-order valence-corrected chi connectivity index (χ2v) is 5.85. The predicted octanol–water partition coefficient (Wildman–Crippen LogP) is 3.03. The Hall–Kier alpha value is -0.570. The number of nitrogens with one attached hydrogen (secondary N) is 1. The van der Waals surface area contributed by atoms with Crippen LogP contribution in [0.3, 0.4) is 0 Å².